The first-order chi connectivity index (χ1) is 11.6. The van der Waals surface area contributed by atoms with Crippen LogP contribution in [-0.2, 0) is 18.5 Å². The third-order valence-electron chi connectivity index (χ3n) is 3.73. The van der Waals surface area contributed by atoms with E-state index < -0.39 is 38.2 Å². The first-order valence-electron chi connectivity index (χ1n) is 7.14. The number of alkyl halides is 1. The molecule has 0 aromatic heterocycles. The van der Waals surface area contributed by atoms with Gasteiger partial charge in [-0.2, -0.15) is 0 Å². The van der Waals surface area contributed by atoms with Gasteiger partial charge in [-0.1, -0.05) is 24.3 Å². The SMILES string of the molecule is C=C(CCl)C(C(=O)O)N1C(=O)C(N)C1SS(=O)(=O)c1ccc(C)cc1. The second-order valence-corrected chi connectivity index (χ2v) is 9.77. The fourth-order valence-corrected chi connectivity index (χ4v) is 5.97. The number of aliphatic carboxylic acids is 1. The molecule has 3 unspecified atom stereocenters. The molecule has 0 bridgehead atoms. The predicted molar refractivity (Wildman–Crippen MR) is 95.8 cm³/mol. The van der Waals surface area contributed by atoms with E-state index in [0.29, 0.717) is 10.8 Å². The zero-order chi connectivity index (χ0) is 18.9. The second kappa shape index (κ2) is 7.36. The van der Waals surface area contributed by atoms with E-state index in [2.05, 4.69) is 6.58 Å². The van der Waals surface area contributed by atoms with Crippen molar-refractivity contribution in [2.45, 2.75) is 29.3 Å². The highest BCUT2D eigenvalue weighted by Gasteiger charge is 2.53. The van der Waals surface area contributed by atoms with Crippen LogP contribution in [0.4, 0.5) is 0 Å². The van der Waals surface area contributed by atoms with Crippen LogP contribution in [0.2, 0.25) is 0 Å². The van der Waals surface area contributed by atoms with Crippen molar-refractivity contribution in [1.29, 1.82) is 0 Å². The number of carboxylic acid groups (broad SMARTS) is 1. The third-order valence-corrected chi connectivity index (χ3v) is 7.82. The lowest BCUT2D eigenvalue weighted by molar-refractivity contribution is -0.157. The summed E-state index contributed by atoms with van der Waals surface area (Å²) in [5.41, 5.74) is 6.68. The molecule has 10 heteroatoms. The van der Waals surface area contributed by atoms with Gasteiger partial charge in [0, 0.05) is 16.7 Å². The van der Waals surface area contributed by atoms with E-state index in [0.717, 1.165) is 10.5 Å². The second-order valence-electron chi connectivity index (χ2n) is 5.56. The Morgan fingerprint density at radius 2 is 2.00 bits per heavy atom. The Bertz CT molecular complexity index is 810. The van der Waals surface area contributed by atoms with Gasteiger partial charge in [0.2, 0.25) is 14.8 Å². The lowest BCUT2D eigenvalue weighted by atomic mass is 10.0. The van der Waals surface area contributed by atoms with Crippen LogP contribution in [0.25, 0.3) is 0 Å². The number of nitrogens with two attached hydrogens (primary N) is 1. The van der Waals surface area contributed by atoms with Crippen LogP contribution in [0.5, 0.6) is 0 Å². The van der Waals surface area contributed by atoms with Gasteiger partial charge in [-0.15, -0.1) is 11.6 Å². The number of likely N-dealkylation sites (tertiary alicyclic amines) is 1. The minimum atomic E-state index is -3.83. The highest BCUT2D eigenvalue weighted by Crippen LogP contribution is 2.38. The average Bonchev–Trinajstić information content (AvgIpc) is 2.57. The van der Waals surface area contributed by atoms with Crippen molar-refractivity contribution in [3.05, 3.63) is 42.0 Å². The van der Waals surface area contributed by atoms with Gasteiger partial charge < -0.3 is 15.7 Å². The van der Waals surface area contributed by atoms with Crippen molar-refractivity contribution in [3.63, 3.8) is 0 Å². The van der Waals surface area contributed by atoms with Crippen molar-refractivity contribution in [3.8, 4) is 0 Å². The number of hydrogen-bond donors (Lipinski definition) is 2. The highest BCUT2D eigenvalue weighted by molar-refractivity contribution is 8.72. The fourth-order valence-electron chi connectivity index (χ4n) is 2.34. The van der Waals surface area contributed by atoms with Gasteiger partial charge >= 0.3 is 5.97 Å². The van der Waals surface area contributed by atoms with Crippen LogP contribution in [0.3, 0.4) is 0 Å². The number of amides is 1. The topological polar surface area (TPSA) is 118 Å². The molecular weight excluding hydrogens is 388 g/mol. The quantitative estimate of drug-likeness (QED) is 0.303. The average molecular weight is 405 g/mol. The molecule has 3 N–H and O–H groups in total. The van der Waals surface area contributed by atoms with Gasteiger partial charge in [0.05, 0.1) is 4.90 Å². The van der Waals surface area contributed by atoms with Crippen molar-refractivity contribution < 1.29 is 23.1 Å². The summed E-state index contributed by atoms with van der Waals surface area (Å²) < 4.78 is 25.1. The molecule has 7 nitrogen and oxygen atoms in total. The Morgan fingerprint density at radius 3 is 2.48 bits per heavy atom. The van der Waals surface area contributed by atoms with E-state index in [1.165, 1.54) is 12.1 Å². The Morgan fingerprint density at radius 1 is 1.44 bits per heavy atom. The summed E-state index contributed by atoms with van der Waals surface area (Å²) in [5.74, 6) is -2.18. The molecule has 25 heavy (non-hydrogen) atoms. The molecular formula is C15H17ClN2O5S2. The Labute approximate surface area is 154 Å². The summed E-state index contributed by atoms with van der Waals surface area (Å²) in [6.45, 7) is 5.37. The van der Waals surface area contributed by atoms with E-state index in [9.17, 15) is 23.1 Å². The van der Waals surface area contributed by atoms with Gasteiger partial charge in [-0.25, -0.2) is 13.2 Å². The van der Waals surface area contributed by atoms with Crippen LogP contribution in [0, 0.1) is 6.92 Å². The number of benzene rings is 1. The molecule has 136 valence electrons. The Kier molecular flexibility index (Phi) is 5.82. The zero-order valence-corrected chi connectivity index (χ0v) is 15.6. The third kappa shape index (κ3) is 3.84. The molecule has 1 fully saturated rings. The highest BCUT2D eigenvalue weighted by atomic mass is 35.5. The summed E-state index contributed by atoms with van der Waals surface area (Å²) in [7, 11) is -3.38. The molecule has 1 aromatic rings. The number of aryl methyl sites for hydroxylation is 1. The number of hydrogen-bond acceptors (Lipinski definition) is 6. The molecule has 1 aromatic carbocycles. The smallest absolute Gasteiger partial charge is 0.330 e. The van der Waals surface area contributed by atoms with Crippen LogP contribution in [0.15, 0.2) is 41.3 Å². The largest absolute Gasteiger partial charge is 0.479 e. The molecule has 1 aliphatic rings. The molecule has 0 radical (unpaired) electrons. The van der Waals surface area contributed by atoms with Crippen molar-refractivity contribution >= 4 is 43.1 Å². The van der Waals surface area contributed by atoms with E-state index in [1.807, 2.05) is 6.92 Å². The van der Waals surface area contributed by atoms with Crippen LogP contribution < -0.4 is 5.73 Å². The molecule has 3 atom stereocenters. The summed E-state index contributed by atoms with van der Waals surface area (Å²) in [5, 5.41) is 8.32. The molecule has 0 saturated carbocycles. The fraction of sp³-hybridized carbons (Fsp3) is 0.333. The van der Waals surface area contributed by atoms with Crippen molar-refractivity contribution in [2.24, 2.45) is 5.73 Å². The predicted octanol–water partition coefficient (Wildman–Crippen LogP) is 1.16. The van der Waals surface area contributed by atoms with E-state index >= 15 is 0 Å². The summed E-state index contributed by atoms with van der Waals surface area (Å²) in [6, 6.07) is 3.64. The van der Waals surface area contributed by atoms with Crippen molar-refractivity contribution in [1.82, 2.24) is 4.90 Å². The molecule has 1 saturated heterocycles. The first kappa shape index (κ1) is 19.8. The van der Waals surface area contributed by atoms with E-state index in [1.54, 1.807) is 12.1 Å². The monoisotopic (exact) mass is 404 g/mol. The number of rotatable bonds is 7. The van der Waals surface area contributed by atoms with Crippen LogP contribution in [0.1, 0.15) is 5.56 Å². The molecule has 0 aliphatic carbocycles. The summed E-state index contributed by atoms with van der Waals surface area (Å²) in [4.78, 5) is 24.5. The van der Waals surface area contributed by atoms with Crippen LogP contribution >= 0.6 is 22.4 Å². The van der Waals surface area contributed by atoms with Gasteiger partial charge in [0.25, 0.3) is 0 Å². The lowest BCUT2D eigenvalue weighted by Crippen LogP contribution is -2.71. The maximum Gasteiger partial charge on any atom is 0.330 e. The Balaban J connectivity index is 2.30. The number of halogens is 1. The van der Waals surface area contributed by atoms with Crippen LogP contribution in [-0.4, -0.2) is 53.6 Å². The van der Waals surface area contributed by atoms with E-state index in [4.69, 9.17) is 17.3 Å². The maximum absolute atomic E-state index is 12.5. The number of carbonyl (C=O) groups is 2. The summed E-state index contributed by atoms with van der Waals surface area (Å²) in [6.07, 6.45) is 0. The summed E-state index contributed by atoms with van der Waals surface area (Å²) >= 11 is 5.63. The van der Waals surface area contributed by atoms with Crippen molar-refractivity contribution in [2.75, 3.05) is 5.88 Å². The molecule has 1 amide bonds. The maximum atomic E-state index is 12.5. The number of carboxylic acids is 1. The standard InChI is InChI=1S/C15H17ClN2O5S2/c1-8-3-5-10(6-4-8)25(22,23)24-14-11(17)13(19)18(14)12(15(20)21)9(2)7-16/h3-6,11-12,14H,2,7,17H2,1H3,(H,20,21). The molecule has 1 aliphatic heterocycles. The number of nitrogens with zero attached hydrogens (tertiary/aromatic N) is 1. The number of carbonyl (C=O) groups excluding carboxylic acids is 1. The lowest BCUT2D eigenvalue weighted by Gasteiger charge is -2.47. The molecule has 2 rings (SSSR count). The van der Waals surface area contributed by atoms with Gasteiger partial charge in [-0.05, 0) is 24.6 Å². The minimum absolute atomic E-state index is 0.0534. The van der Waals surface area contributed by atoms with Gasteiger partial charge in [0.15, 0.2) is 6.04 Å². The molecule has 1 heterocycles. The minimum Gasteiger partial charge on any atom is -0.479 e. The van der Waals surface area contributed by atoms with Gasteiger partial charge in [0.1, 0.15) is 11.4 Å². The number of β-lactam (4-membered cyclic amide) rings is 1. The van der Waals surface area contributed by atoms with E-state index in [-0.39, 0.29) is 16.3 Å². The first-order valence-corrected chi connectivity index (χ1v) is 10.6. The molecule has 0 spiro atoms. The zero-order valence-electron chi connectivity index (χ0n) is 13.3. The normalized spacial score (nSPS) is 21.6. The Hall–Kier alpha value is -1.55. The van der Waals surface area contributed by atoms with Gasteiger partial charge in [-0.3, -0.25) is 4.79 Å².